The summed E-state index contributed by atoms with van der Waals surface area (Å²) >= 11 is 0. The van der Waals surface area contributed by atoms with Gasteiger partial charge in [-0.25, -0.2) is 0 Å². The second-order valence-electron chi connectivity index (χ2n) is 7.51. The van der Waals surface area contributed by atoms with E-state index in [2.05, 4.69) is 45.1 Å². The van der Waals surface area contributed by atoms with Crippen LogP contribution in [0.4, 0.5) is 5.69 Å². The summed E-state index contributed by atoms with van der Waals surface area (Å²) in [6.07, 6.45) is 4.83. The third kappa shape index (κ3) is 2.25. The van der Waals surface area contributed by atoms with Crippen LogP contribution in [0.2, 0.25) is 0 Å². The normalized spacial score (nSPS) is 25.4. The van der Waals surface area contributed by atoms with Gasteiger partial charge >= 0.3 is 0 Å². The molecule has 1 unspecified atom stereocenters. The number of hydrogen-bond acceptors (Lipinski definition) is 1. The number of carbonyl (C=O) groups excluding carboxylic acids is 1. The summed E-state index contributed by atoms with van der Waals surface area (Å²) in [6.45, 7) is 8.91. The summed E-state index contributed by atoms with van der Waals surface area (Å²) in [5.41, 5.74) is 5.25. The molecule has 1 heterocycles. The minimum absolute atomic E-state index is 0.0831. The first kappa shape index (κ1) is 13.7. The molecule has 0 aromatic heterocycles. The van der Waals surface area contributed by atoms with E-state index in [0.29, 0.717) is 11.3 Å². The summed E-state index contributed by atoms with van der Waals surface area (Å²) in [5, 5.41) is 3.12. The van der Waals surface area contributed by atoms with Gasteiger partial charge in [-0.05, 0) is 62.0 Å². The monoisotopic (exact) mass is 271 g/mol. The van der Waals surface area contributed by atoms with Gasteiger partial charge in [0.05, 0.1) is 5.92 Å². The lowest BCUT2D eigenvalue weighted by Gasteiger charge is -2.36. The number of amides is 1. The van der Waals surface area contributed by atoms with Crippen LogP contribution in [0.25, 0.3) is 0 Å². The molecule has 0 saturated heterocycles. The SMILES string of the molecule is Cc1cc(C)c2c(c1)C(C1CCC(C)(C)CC1)C(=O)N2. The van der Waals surface area contributed by atoms with Gasteiger partial charge in [0, 0.05) is 5.69 Å². The quantitative estimate of drug-likeness (QED) is 0.797. The zero-order chi connectivity index (χ0) is 14.5. The van der Waals surface area contributed by atoms with Crippen molar-refractivity contribution in [1.82, 2.24) is 0 Å². The average molecular weight is 271 g/mol. The molecule has 1 aromatic carbocycles. The predicted octanol–water partition coefficient (Wildman–Crippen LogP) is 4.56. The minimum Gasteiger partial charge on any atom is -0.325 e. The highest BCUT2D eigenvalue weighted by molar-refractivity contribution is 6.04. The molecule has 1 saturated carbocycles. The zero-order valence-corrected chi connectivity index (χ0v) is 13.0. The molecule has 1 aliphatic heterocycles. The van der Waals surface area contributed by atoms with Crippen LogP contribution in [0.1, 0.15) is 62.1 Å². The smallest absolute Gasteiger partial charge is 0.232 e. The molecule has 0 spiro atoms. The van der Waals surface area contributed by atoms with E-state index in [0.717, 1.165) is 5.69 Å². The van der Waals surface area contributed by atoms with E-state index >= 15 is 0 Å². The van der Waals surface area contributed by atoms with Gasteiger partial charge in [-0.1, -0.05) is 31.5 Å². The number of aryl methyl sites for hydroxylation is 2. The van der Waals surface area contributed by atoms with Gasteiger partial charge in [-0.3, -0.25) is 4.79 Å². The van der Waals surface area contributed by atoms with Crippen LogP contribution < -0.4 is 5.32 Å². The number of rotatable bonds is 1. The number of anilines is 1. The Kier molecular flexibility index (Phi) is 3.15. The fraction of sp³-hybridized carbons (Fsp3) is 0.611. The van der Waals surface area contributed by atoms with Gasteiger partial charge in [-0.2, -0.15) is 0 Å². The number of hydrogen-bond donors (Lipinski definition) is 1. The Bertz CT molecular complexity index is 549. The molecule has 2 aliphatic rings. The zero-order valence-electron chi connectivity index (χ0n) is 13.0. The molecule has 1 atom stereocenters. The fourth-order valence-corrected chi connectivity index (χ4v) is 3.98. The molecule has 0 bridgehead atoms. The topological polar surface area (TPSA) is 29.1 Å². The molecule has 20 heavy (non-hydrogen) atoms. The van der Waals surface area contributed by atoms with E-state index in [-0.39, 0.29) is 11.8 Å². The highest BCUT2D eigenvalue weighted by atomic mass is 16.2. The van der Waals surface area contributed by atoms with E-state index in [1.54, 1.807) is 0 Å². The molecule has 1 aromatic rings. The first-order valence-corrected chi connectivity index (χ1v) is 7.79. The van der Waals surface area contributed by atoms with Gasteiger partial charge in [0.15, 0.2) is 0 Å². The van der Waals surface area contributed by atoms with Crippen molar-refractivity contribution in [3.05, 3.63) is 28.8 Å². The van der Waals surface area contributed by atoms with Crippen molar-refractivity contribution in [3.8, 4) is 0 Å². The maximum Gasteiger partial charge on any atom is 0.232 e. The molecule has 1 aliphatic carbocycles. The highest BCUT2D eigenvalue weighted by Gasteiger charge is 2.40. The highest BCUT2D eigenvalue weighted by Crippen LogP contribution is 2.48. The summed E-state index contributed by atoms with van der Waals surface area (Å²) in [6, 6.07) is 4.37. The largest absolute Gasteiger partial charge is 0.325 e. The molecule has 3 rings (SSSR count). The minimum atomic E-state index is 0.0831. The van der Waals surface area contributed by atoms with Crippen molar-refractivity contribution in [2.75, 3.05) is 5.32 Å². The maximum atomic E-state index is 12.4. The number of benzene rings is 1. The lowest BCUT2D eigenvalue weighted by atomic mass is 9.68. The van der Waals surface area contributed by atoms with Crippen LogP contribution >= 0.6 is 0 Å². The second-order valence-corrected chi connectivity index (χ2v) is 7.51. The van der Waals surface area contributed by atoms with Crippen LogP contribution in [0.5, 0.6) is 0 Å². The molecule has 0 radical (unpaired) electrons. The Balaban J connectivity index is 1.91. The molecule has 2 nitrogen and oxygen atoms in total. The number of carbonyl (C=O) groups is 1. The second kappa shape index (κ2) is 4.61. The van der Waals surface area contributed by atoms with E-state index in [1.165, 1.54) is 42.4 Å². The summed E-state index contributed by atoms with van der Waals surface area (Å²) < 4.78 is 0. The van der Waals surface area contributed by atoms with Crippen molar-refractivity contribution in [2.45, 2.75) is 59.3 Å². The summed E-state index contributed by atoms with van der Waals surface area (Å²) in [7, 11) is 0. The van der Waals surface area contributed by atoms with Crippen molar-refractivity contribution < 1.29 is 4.79 Å². The van der Waals surface area contributed by atoms with Crippen LogP contribution in [0.15, 0.2) is 12.1 Å². The molecule has 108 valence electrons. The van der Waals surface area contributed by atoms with Crippen LogP contribution in [-0.2, 0) is 4.79 Å². The van der Waals surface area contributed by atoms with Gasteiger partial charge in [0.25, 0.3) is 0 Å². The number of nitrogens with one attached hydrogen (secondary N) is 1. The maximum absolute atomic E-state index is 12.4. The average Bonchev–Trinajstić information content (AvgIpc) is 2.67. The number of fused-ring (bicyclic) bond motifs is 1. The standard InChI is InChI=1S/C18H25NO/c1-11-9-12(2)16-14(10-11)15(17(20)19-16)13-5-7-18(3,4)8-6-13/h9-10,13,15H,5-8H2,1-4H3,(H,19,20). The van der Waals surface area contributed by atoms with Crippen LogP contribution in [0.3, 0.4) is 0 Å². The molecular weight excluding hydrogens is 246 g/mol. The predicted molar refractivity (Wildman–Crippen MR) is 83.0 cm³/mol. The summed E-state index contributed by atoms with van der Waals surface area (Å²) in [5.74, 6) is 0.823. The molecule has 1 amide bonds. The van der Waals surface area contributed by atoms with E-state index in [9.17, 15) is 4.79 Å². The van der Waals surface area contributed by atoms with Gasteiger partial charge in [0.2, 0.25) is 5.91 Å². The molecule has 2 heteroatoms. The lowest BCUT2D eigenvalue weighted by molar-refractivity contribution is -0.118. The lowest BCUT2D eigenvalue weighted by Crippen LogP contribution is -2.28. The molecular formula is C18H25NO. The Morgan fingerprint density at radius 3 is 2.45 bits per heavy atom. The van der Waals surface area contributed by atoms with Crippen molar-refractivity contribution in [3.63, 3.8) is 0 Å². The van der Waals surface area contributed by atoms with Crippen molar-refractivity contribution in [2.24, 2.45) is 11.3 Å². The van der Waals surface area contributed by atoms with Crippen molar-refractivity contribution in [1.29, 1.82) is 0 Å². The Hall–Kier alpha value is -1.31. The Morgan fingerprint density at radius 1 is 1.15 bits per heavy atom. The summed E-state index contributed by atoms with van der Waals surface area (Å²) in [4.78, 5) is 12.4. The van der Waals surface area contributed by atoms with Crippen molar-refractivity contribution >= 4 is 11.6 Å². The molecule has 1 fully saturated rings. The van der Waals surface area contributed by atoms with Crippen LogP contribution in [0, 0.1) is 25.2 Å². The third-order valence-electron chi connectivity index (χ3n) is 5.23. The first-order valence-electron chi connectivity index (χ1n) is 7.79. The molecule has 1 N–H and O–H groups in total. The Morgan fingerprint density at radius 2 is 1.80 bits per heavy atom. The third-order valence-corrected chi connectivity index (χ3v) is 5.23. The van der Waals surface area contributed by atoms with E-state index in [4.69, 9.17) is 0 Å². The van der Waals surface area contributed by atoms with Gasteiger partial charge in [0.1, 0.15) is 0 Å². The fourth-order valence-electron chi connectivity index (χ4n) is 3.98. The first-order chi connectivity index (χ1) is 9.37. The van der Waals surface area contributed by atoms with E-state index in [1.807, 2.05) is 0 Å². The van der Waals surface area contributed by atoms with Crippen LogP contribution in [-0.4, -0.2) is 5.91 Å². The van der Waals surface area contributed by atoms with E-state index < -0.39 is 0 Å². The van der Waals surface area contributed by atoms with Gasteiger partial charge in [-0.15, -0.1) is 0 Å². The Labute approximate surface area is 122 Å². The van der Waals surface area contributed by atoms with Gasteiger partial charge < -0.3 is 5.32 Å².